The van der Waals surface area contributed by atoms with Crippen LogP contribution in [0.1, 0.15) is 57.7 Å². The number of carbonyl (C=O) groups excluding carboxylic acids is 4. The van der Waals surface area contributed by atoms with Gasteiger partial charge in [-0.2, -0.15) is 0 Å². The summed E-state index contributed by atoms with van der Waals surface area (Å²) in [5.41, 5.74) is 5.95. The summed E-state index contributed by atoms with van der Waals surface area (Å²) in [4.78, 5) is 56.6. The van der Waals surface area contributed by atoms with Crippen molar-refractivity contribution >= 4 is 35.2 Å². The average molecular weight is 616 g/mol. The second-order valence-corrected chi connectivity index (χ2v) is 12.1. The maximum Gasteiger partial charge on any atom is 0.410 e. The second-order valence-electron chi connectivity index (χ2n) is 12.1. The summed E-state index contributed by atoms with van der Waals surface area (Å²) in [5, 5.41) is 5.12. The Morgan fingerprint density at radius 1 is 1.09 bits per heavy atom. The predicted molar refractivity (Wildman–Crippen MR) is 158 cm³/mol. The van der Waals surface area contributed by atoms with E-state index in [0.717, 1.165) is 17.0 Å². The molecule has 44 heavy (non-hydrogen) atoms. The van der Waals surface area contributed by atoms with Crippen LogP contribution >= 0.6 is 0 Å². The van der Waals surface area contributed by atoms with E-state index >= 15 is 0 Å². The van der Waals surface area contributed by atoms with Crippen LogP contribution in [0.15, 0.2) is 36.4 Å². The van der Waals surface area contributed by atoms with E-state index in [9.17, 15) is 28.0 Å². The summed E-state index contributed by atoms with van der Waals surface area (Å²) in [5.74, 6) is -4.31. The molecule has 0 aliphatic carbocycles. The molecule has 0 spiro atoms. The third-order valence-corrected chi connectivity index (χ3v) is 7.80. The van der Waals surface area contributed by atoms with E-state index < -0.39 is 64.9 Å². The van der Waals surface area contributed by atoms with E-state index in [-0.39, 0.29) is 12.5 Å². The minimum absolute atomic E-state index is 0.00472. The van der Waals surface area contributed by atoms with Gasteiger partial charge in [-0.25, -0.2) is 13.6 Å². The number of fused-ring (bicyclic) bond motifs is 1. The number of para-hydroxylation sites is 1. The normalized spacial score (nSPS) is 18.2. The molecule has 0 radical (unpaired) electrons. The molecule has 1 saturated heterocycles. The first-order valence-corrected chi connectivity index (χ1v) is 14.5. The van der Waals surface area contributed by atoms with Crippen molar-refractivity contribution in [3.63, 3.8) is 0 Å². The standard InChI is InChI=1S/C31H39F2N5O6/c1-17(37(5)30(42)44-31(2,3)4)27(39)35-24(18-11-13-43-14-12-18)29(41)38-16-19-9-10-20(34)15-21(19)26(38)28(40)36-25-22(32)7-6-8-23(25)33/h6-10,15,17-18,24,26H,11-14,16,34H2,1-5H3,(H,35,39)(H,36,40)/t17-,24?,26-/m0/s1. The Morgan fingerprint density at radius 3 is 2.34 bits per heavy atom. The van der Waals surface area contributed by atoms with E-state index in [1.807, 2.05) is 0 Å². The van der Waals surface area contributed by atoms with Crippen molar-refractivity contribution < 1.29 is 37.4 Å². The second kappa shape index (κ2) is 13.2. The molecule has 2 heterocycles. The molecule has 13 heteroatoms. The zero-order valence-electron chi connectivity index (χ0n) is 25.5. The summed E-state index contributed by atoms with van der Waals surface area (Å²) in [7, 11) is 1.42. The lowest BCUT2D eigenvalue weighted by molar-refractivity contribution is -0.144. The van der Waals surface area contributed by atoms with E-state index in [4.69, 9.17) is 15.2 Å². The minimum atomic E-state index is -1.29. The molecular weight excluding hydrogens is 576 g/mol. The van der Waals surface area contributed by atoms with Gasteiger partial charge in [0.15, 0.2) is 0 Å². The first kappa shape index (κ1) is 32.6. The highest BCUT2D eigenvalue weighted by Crippen LogP contribution is 2.38. The maximum absolute atomic E-state index is 14.5. The molecule has 0 saturated carbocycles. The molecule has 3 atom stereocenters. The van der Waals surface area contributed by atoms with Crippen molar-refractivity contribution in [1.82, 2.24) is 15.1 Å². The van der Waals surface area contributed by atoms with Crippen molar-refractivity contribution in [2.45, 2.75) is 70.8 Å². The van der Waals surface area contributed by atoms with Crippen LogP contribution in [0, 0.1) is 17.6 Å². The van der Waals surface area contributed by atoms with Crippen LogP contribution in [0.2, 0.25) is 0 Å². The van der Waals surface area contributed by atoms with Crippen LogP contribution < -0.4 is 16.4 Å². The number of likely N-dealkylation sites (N-methyl/N-ethyl adjacent to an activating group) is 1. The zero-order valence-corrected chi connectivity index (χ0v) is 25.5. The molecule has 4 rings (SSSR count). The van der Waals surface area contributed by atoms with Gasteiger partial charge in [-0.15, -0.1) is 0 Å². The highest BCUT2D eigenvalue weighted by molar-refractivity contribution is 6.00. The Labute approximate surface area is 255 Å². The van der Waals surface area contributed by atoms with Gasteiger partial charge < -0.3 is 30.7 Å². The maximum atomic E-state index is 14.5. The van der Waals surface area contributed by atoms with E-state index in [1.165, 1.54) is 24.9 Å². The van der Waals surface area contributed by atoms with Crippen LogP contribution in [0.3, 0.4) is 0 Å². The van der Waals surface area contributed by atoms with Gasteiger partial charge >= 0.3 is 6.09 Å². The molecule has 2 aromatic rings. The highest BCUT2D eigenvalue weighted by atomic mass is 19.1. The Balaban J connectivity index is 1.64. The SMILES string of the molecule is C[C@@H](C(=O)NC(C(=O)N1Cc2ccc(N)cc2[C@H]1C(=O)Nc1c(F)cccc1F)C1CCOCC1)N(C)C(=O)OC(C)(C)C. The van der Waals surface area contributed by atoms with Crippen LogP contribution in [-0.4, -0.2) is 71.6 Å². The fraction of sp³-hybridized carbons (Fsp3) is 0.484. The fourth-order valence-corrected chi connectivity index (χ4v) is 5.30. The van der Waals surface area contributed by atoms with Crippen molar-refractivity contribution in [2.24, 2.45) is 5.92 Å². The van der Waals surface area contributed by atoms with Crippen LogP contribution in [-0.2, 0) is 30.4 Å². The number of hydrogen-bond acceptors (Lipinski definition) is 7. The third-order valence-electron chi connectivity index (χ3n) is 7.80. The number of amides is 4. The van der Waals surface area contributed by atoms with Crippen LogP contribution in [0.4, 0.5) is 25.0 Å². The molecule has 4 amide bonds. The lowest BCUT2D eigenvalue weighted by Gasteiger charge is -2.36. The number of carbonyl (C=O) groups is 4. The number of hydrogen-bond donors (Lipinski definition) is 3. The molecular formula is C31H39F2N5O6. The number of ether oxygens (including phenoxy) is 2. The molecule has 11 nitrogen and oxygen atoms in total. The topological polar surface area (TPSA) is 143 Å². The zero-order chi connectivity index (χ0) is 32.3. The van der Waals surface area contributed by atoms with Crippen LogP contribution in [0.5, 0.6) is 0 Å². The van der Waals surface area contributed by atoms with E-state index in [2.05, 4.69) is 10.6 Å². The lowest BCUT2D eigenvalue weighted by Crippen LogP contribution is -2.57. The molecule has 1 unspecified atom stereocenters. The summed E-state index contributed by atoms with van der Waals surface area (Å²) >= 11 is 0. The van der Waals surface area contributed by atoms with Crippen molar-refractivity contribution in [1.29, 1.82) is 0 Å². The van der Waals surface area contributed by atoms with Gasteiger partial charge in [0.1, 0.15) is 41.0 Å². The summed E-state index contributed by atoms with van der Waals surface area (Å²) in [6.07, 6.45) is 0.203. The molecule has 1 fully saturated rings. The predicted octanol–water partition coefficient (Wildman–Crippen LogP) is 3.74. The first-order chi connectivity index (χ1) is 20.7. The number of halogens is 2. The van der Waals surface area contributed by atoms with Gasteiger partial charge in [-0.3, -0.25) is 19.3 Å². The van der Waals surface area contributed by atoms with E-state index in [1.54, 1.807) is 39.0 Å². The Bertz CT molecular complexity index is 1400. The van der Waals surface area contributed by atoms with Crippen molar-refractivity contribution in [3.8, 4) is 0 Å². The first-order valence-electron chi connectivity index (χ1n) is 14.5. The summed E-state index contributed by atoms with van der Waals surface area (Å²) < 4.78 is 39.8. The quantitative estimate of drug-likeness (QED) is 0.403. The van der Waals surface area contributed by atoms with Gasteiger partial charge in [-0.05, 0) is 81.8 Å². The largest absolute Gasteiger partial charge is 0.444 e. The molecule has 2 aromatic carbocycles. The number of benzene rings is 2. The van der Waals surface area contributed by atoms with Gasteiger partial charge in [-0.1, -0.05) is 12.1 Å². The van der Waals surface area contributed by atoms with Gasteiger partial charge in [0.05, 0.1) is 0 Å². The summed E-state index contributed by atoms with van der Waals surface area (Å²) in [6.45, 7) is 7.36. The Kier molecular flexibility index (Phi) is 9.77. The Morgan fingerprint density at radius 2 is 1.73 bits per heavy atom. The minimum Gasteiger partial charge on any atom is -0.444 e. The lowest BCUT2D eigenvalue weighted by atomic mass is 9.90. The van der Waals surface area contributed by atoms with Crippen LogP contribution in [0.25, 0.3) is 0 Å². The summed E-state index contributed by atoms with van der Waals surface area (Å²) in [6, 6.07) is 4.66. The molecule has 0 bridgehead atoms. The molecule has 2 aliphatic heterocycles. The third kappa shape index (κ3) is 7.26. The monoisotopic (exact) mass is 615 g/mol. The number of anilines is 2. The molecule has 4 N–H and O–H groups in total. The smallest absolute Gasteiger partial charge is 0.410 e. The fourth-order valence-electron chi connectivity index (χ4n) is 5.30. The number of rotatable bonds is 7. The number of nitrogens with two attached hydrogens (primary N) is 1. The molecule has 2 aliphatic rings. The van der Waals surface area contributed by atoms with Gasteiger partial charge in [0.25, 0.3) is 5.91 Å². The number of nitrogen functional groups attached to an aromatic ring is 1. The van der Waals surface area contributed by atoms with E-state index in [0.29, 0.717) is 42.9 Å². The molecule has 0 aromatic heterocycles. The average Bonchev–Trinajstić information content (AvgIpc) is 3.34. The highest BCUT2D eigenvalue weighted by Gasteiger charge is 2.44. The Hall–Kier alpha value is -4.26. The van der Waals surface area contributed by atoms with Gasteiger partial charge in [0, 0.05) is 32.5 Å². The van der Waals surface area contributed by atoms with Crippen molar-refractivity contribution in [2.75, 3.05) is 31.3 Å². The van der Waals surface area contributed by atoms with Crippen molar-refractivity contribution in [3.05, 3.63) is 59.2 Å². The molecule has 238 valence electrons. The number of nitrogens with one attached hydrogen (secondary N) is 2. The van der Waals surface area contributed by atoms with Gasteiger partial charge in [0.2, 0.25) is 11.8 Å². The number of nitrogens with zero attached hydrogens (tertiary/aromatic N) is 2.